The number of nitrogens with one attached hydrogen (secondary N) is 2. The molecule has 4 atom stereocenters. The molecule has 2 fully saturated rings. The van der Waals surface area contributed by atoms with Crippen LogP contribution >= 0.6 is 0 Å². The monoisotopic (exact) mass is 808 g/mol. The van der Waals surface area contributed by atoms with Crippen LogP contribution in [0.3, 0.4) is 0 Å². The van der Waals surface area contributed by atoms with Gasteiger partial charge < -0.3 is 29.6 Å². The molecule has 3 aliphatic heterocycles. The number of alkyl carbamates (subject to hydrolysis) is 1. The number of methoxy groups -OCH3 is 2. The van der Waals surface area contributed by atoms with Gasteiger partial charge in [-0.2, -0.15) is 0 Å². The van der Waals surface area contributed by atoms with E-state index in [2.05, 4.69) is 35.2 Å². The highest BCUT2D eigenvalue weighted by atomic mass is 16.5. The molecule has 2 N–H and O–H groups in total. The normalized spacial score (nSPS) is 18.4. The van der Waals surface area contributed by atoms with Gasteiger partial charge in [0.05, 0.1) is 50.5 Å². The smallest absolute Gasteiger partial charge is 0.407 e. The van der Waals surface area contributed by atoms with Crippen LogP contribution in [0.4, 0.5) is 4.79 Å². The average molecular weight is 809 g/mol. The van der Waals surface area contributed by atoms with Crippen LogP contribution in [0, 0.1) is 0 Å². The molecule has 3 aromatic heterocycles. The molecule has 8 rings (SSSR count). The first kappa shape index (κ1) is 39.7. The van der Waals surface area contributed by atoms with Gasteiger partial charge in [0.1, 0.15) is 11.9 Å². The van der Waals surface area contributed by atoms with Gasteiger partial charge in [0.15, 0.2) is 11.6 Å². The SMILES string of the molecule is COC(=O)C[C@@H](C(=O)N1CCC[C@H]1c1ncc(-c2cnc(-c3ncc(C4=CN=C([C@@H]5CCCN5C(=O)[C@H](NC(=O)OC)c5ccccc5)C4)cn3)nc2)[nH]1)c1ccccc1. The van der Waals surface area contributed by atoms with E-state index in [0.29, 0.717) is 53.8 Å². The van der Waals surface area contributed by atoms with Crippen molar-refractivity contribution in [2.75, 3.05) is 27.3 Å². The summed E-state index contributed by atoms with van der Waals surface area (Å²) in [5.41, 5.74) is 5.43. The minimum Gasteiger partial charge on any atom is -0.469 e. The lowest BCUT2D eigenvalue weighted by atomic mass is 9.94. The first-order valence-electron chi connectivity index (χ1n) is 19.9. The number of aromatic nitrogens is 6. The highest BCUT2D eigenvalue weighted by Crippen LogP contribution is 2.36. The zero-order chi connectivity index (χ0) is 41.6. The number of aliphatic imine (C=N–C) groups is 1. The number of carbonyl (C=O) groups is 4. The van der Waals surface area contributed by atoms with E-state index < -0.39 is 24.0 Å². The van der Waals surface area contributed by atoms with Gasteiger partial charge in [0.25, 0.3) is 0 Å². The molecular formula is C44H44N10O6. The molecule has 60 heavy (non-hydrogen) atoms. The standard InChI is InChI=1S/C44H44N10O6/c1-59-37(55)20-32(27-11-5-3-6-12-27)42(56)54-18-10-16-36(54)39-50-26-34(51-39)31-24-48-41(49-25-31)40-46-22-30(23-47-40)29-19-33(45-21-29)35-15-9-17-53(35)43(57)38(52-44(58)60-2)28-13-7-4-8-14-28/h3-8,11-14,21-26,32,35-36,38H,9-10,15-20H2,1-2H3,(H,50,51)(H,52,58)/t32-,35+,36+,38-/m1/s1. The minimum atomic E-state index is -0.886. The van der Waals surface area contributed by atoms with Crippen molar-refractivity contribution in [1.29, 1.82) is 0 Å². The van der Waals surface area contributed by atoms with Crippen LogP contribution in [0.25, 0.3) is 28.5 Å². The maximum atomic E-state index is 13.9. The summed E-state index contributed by atoms with van der Waals surface area (Å²) >= 11 is 0. The minimum absolute atomic E-state index is 0.0475. The van der Waals surface area contributed by atoms with Crippen LogP contribution in [0.2, 0.25) is 0 Å². The van der Waals surface area contributed by atoms with E-state index >= 15 is 0 Å². The molecule has 0 radical (unpaired) electrons. The van der Waals surface area contributed by atoms with E-state index in [1.54, 1.807) is 47.0 Å². The summed E-state index contributed by atoms with van der Waals surface area (Å²) in [5, 5.41) is 2.71. The number of hydrogen-bond donors (Lipinski definition) is 2. The van der Waals surface area contributed by atoms with Crippen molar-refractivity contribution in [2.24, 2.45) is 4.99 Å². The number of likely N-dealkylation sites (tertiary alicyclic amines) is 2. The molecule has 0 spiro atoms. The fraction of sp³-hybridized carbons (Fsp3) is 0.318. The van der Waals surface area contributed by atoms with E-state index in [-0.39, 0.29) is 30.3 Å². The third-order valence-corrected chi connectivity index (χ3v) is 11.2. The first-order valence-corrected chi connectivity index (χ1v) is 19.9. The number of H-pyrrole nitrogens is 1. The molecule has 306 valence electrons. The zero-order valence-corrected chi connectivity index (χ0v) is 33.2. The molecular weight excluding hydrogens is 765 g/mol. The third kappa shape index (κ3) is 8.39. The first-order chi connectivity index (χ1) is 29.3. The third-order valence-electron chi connectivity index (χ3n) is 11.2. The predicted octanol–water partition coefficient (Wildman–Crippen LogP) is 5.61. The Kier molecular flexibility index (Phi) is 11.8. The van der Waals surface area contributed by atoms with Gasteiger partial charge in [-0.15, -0.1) is 0 Å². The number of allylic oxidation sites excluding steroid dienone is 1. The van der Waals surface area contributed by atoms with E-state index in [1.165, 1.54) is 14.2 Å². The number of esters is 1. The van der Waals surface area contributed by atoms with E-state index in [0.717, 1.165) is 48.1 Å². The summed E-state index contributed by atoms with van der Waals surface area (Å²) in [5.74, 6) is -0.106. The molecule has 6 heterocycles. The zero-order valence-electron chi connectivity index (χ0n) is 33.2. The highest BCUT2D eigenvalue weighted by Gasteiger charge is 2.39. The molecule has 0 unspecified atom stereocenters. The number of carbonyl (C=O) groups excluding carboxylic acids is 4. The molecule has 16 nitrogen and oxygen atoms in total. The van der Waals surface area contributed by atoms with Crippen molar-refractivity contribution in [3.05, 3.63) is 120 Å². The number of aromatic amines is 1. The summed E-state index contributed by atoms with van der Waals surface area (Å²) in [7, 11) is 2.60. The lowest BCUT2D eigenvalue weighted by Crippen LogP contribution is -2.47. The van der Waals surface area contributed by atoms with Crippen molar-refractivity contribution >= 4 is 35.2 Å². The van der Waals surface area contributed by atoms with Gasteiger partial charge >= 0.3 is 12.1 Å². The lowest BCUT2D eigenvalue weighted by Gasteiger charge is -2.29. The topological polar surface area (TPSA) is 198 Å². The fourth-order valence-corrected chi connectivity index (χ4v) is 8.12. The Hall–Kier alpha value is -7.10. The van der Waals surface area contributed by atoms with Crippen molar-refractivity contribution in [3.63, 3.8) is 0 Å². The van der Waals surface area contributed by atoms with E-state index in [4.69, 9.17) is 14.5 Å². The number of nitrogens with zero attached hydrogens (tertiary/aromatic N) is 8. The van der Waals surface area contributed by atoms with Crippen LogP contribution in [0.5, 0.6) is 0 Å². The molecule has 5 aromatic rings. The predicted molar refractivity (Wildman–Crippen MR) is 220 cm³/mol. The second-order valence-corrected chi connectivity index (χ2v) is 14.8. The number of rotatable bonds is 12. The lowest BCUT2D eigenvalue weighted by molar-refractivity contribution is -0.145. The van der Waals surface area contributed by atoms with Gasteiger partial charge in [-0.3, -0.25) is 19.4 Å². The van der Waals surface area contributed by atoms with Gasteiger partial charge in [-0.1, -0.05) is 60.7 Å². The number of benzene rings is 2. The van der Waals surface area contributed by atoms with Crippen LogP contribution < -0.4 is 5.32 Å². The Balaban J connectivity index is 0.900. The van der Waals surface area contributed by atoms with Gasteiger partial charge in [0, 0.05) is 67.3 Å². The molecule has 0 aliphatic carbocycles. The van der Waals surface area contributed by atoms with E-state index in [1.807, 2.05) is 60.7 Å². The molecule has 0 bridgehead atoms. The molecule has 2 aromatic carbocycles. The quantitative estimate of drug-likeness (QED) is 0.149. The summed E-state index contributed by atoms with van der Waals surface area (Å²) in [6.07, 6.45) is 13.2. The Bertz CT molecular complexity index is 2400. The van der Waals surface area contributed by atoms with Gasteiger partial charge in [-0.05, 0) is 42.4 Å². The average Bonchev–Trinajstić information content (AvgIpc) is 4.15. The Morgan fingerprint density at radius 3 is 1.97 bits per heavy atom. The van der Waals surface area contributed by atoms with Crippen molar-refractivity contribution in [1.82, 2.24) is 45.0 Å². The Morgan fingerprint density at radius 2 is 1.33 bits per heavy atom. The number of imidazole rings is 1. The summed E-state index contributed by atoms with van der Waals surface area (Å²) in [6, 6.07) is 17.1. The maximum Gasteiger partial charge on any atom is 0.407 e. The van der Waals surface area contributed by atoms with Gasteiger partial charge in [-0.25, -0.2) is 29.7 Å². The van der Waals surface area contributed by atoms with Crippen LogP contribution in [0.15, 0.2) is 103 Å². The molecule has 3 aliphatic rings. The van der Waals surface area contributed by atoms with Crippen molar-refractivity contribution < 1.29 is 28.7 Å². The van der Waals surface area contributed by atoms with Gasteiger partial charge in [0.2, 0.25) is 11.8 Å². The summed E-state index contributed by atoms with van der Waals surface area (Å²) < 4.78 is 9.74. The molecule has 3 amide bonds. The van der Waals surface area contributed by atoms with E-state index in [9.17, 15) is 19.2 Å². The number of ether oxygens (including phenoxy) is 2. The van der Waals surface area contributed by atoms with Crippen LogP contribution in [0.1, 0.15) is 79.0 Å². The fourth-order valence-electron chi connectivity index (χ4n) is 8.12. The largest absolute Gasteiger partial charge is 0.469 e. The molecule has 0 saturated carbocycles. The van der Waals surface area contributed by atoms with Crippen LogP contribution in [-0.2, 0) is 23.9 Å². The Labute approximate surface area is 346 Å². The summed E-state index contributed by atoms with van der Waals surface area (Å²) in [4.78, 5) is 86.9. The number of amides is 3. The van der Waals surface area contributed by atoms with Crippen molar-refractivity contribution in [3.8, 4) is 22.9 Å². The van der Waals surface area contributed by atoms with Crippen LogP contribution in [-0.4, -0.2) is 103 Å². The molecule has 16 heteroatoms. The second-order valence-electron chi connectivity index (χ2n) is 14.8. The highest BCUT2D eigenvalue weighted by molar-refractivity contribution is 6.03. The summed E-state index contributed by atoms with van der Waals surface area (Å²) in [6.45, 7) is 1.11. The Morgan fingerprint density at radius 1 is 0.733 bits per heavy atom. The molecule has 2 saturated heterocycles. The number of hydrogen-bond acceptors (Lipinski definition) is 12. The second kappa shape index (κ2) is 17.8. The van der Waals surface area contributed by atoms with Crippen molar-refractivity contribution in [2.45, 2.75) is 62.6 Å². The maximum absolute atomic E-state index is 13.9.